The SMILES string of the molecule is CCOC(=O)c1cn(C2CC2)c2cc(-c3ccncc3)ccc2c1=O. The summed E-state index contributed by atoms with van der Waals surface area (Å²) in [5.41, 5.74) is 2.76. The van der Waals surface area contributed by atoms with Gasteiger partial charge < -0.3 is 9.30 Å². The average molecular weight is 334 g/mol. The number of rotatable bonds is 4. The predicted octanol–water partition coefficient (Wildman–Crippen LogP) is 3.58. The maximum absolute atomic E-state index is 12.8. The lowest BCUT2D eigenvalue weighted by atomic mass is 10.0. The van der Waals surface area contributed by atoms with Crippen LogP contribution in [0, 0.1) is 0 Å². The van der Waals surface area contributed by atoms with Crippen molar-refractivity contribution >= 4 is 16.9 Å². The normalized spacial score (nSPS) is 13.8. The van der Waals surface area contributed by atoms with Gasteiger partial charge in [-0.3, -0.25) is 9.78 Å². The Morgan fingerprint density at radius 2 is 1.96 bits per heavy atom. The first-order chi connectivity index (χ1) is 12.2. The first-order valence-corrected chi connectivity index (χ1v) is 8.45. The summed E-state index contributed by atoms with van der Waals surface area (Å²) in [7, 11) is 0. The third-order valence-corrected chi connectivity index (χ3v) is 4.48. The van der Waals surface area contributed by atoms with Gasteiger partial charge in [0.05, 0.1) is 12.1 Å². The van der Waals surface area contributed by atoms with Crippen LogP contribution in [0.5, 0.6) is 0 Å². The molecule has 0 bridgehead atoms. The Kier molecular flexibility index (Phi) is 3.84. The van der Waals surface area contributed by atoms with Crippen LogP contribution in [0.2, 0.25) is 0 Å². The van der Waals surface area contributed by atoms with Crippen LogP contribution in [0.1, 0.15) is 36.2 Å². The van der Waals surface area contributed by atoms with E-state index in [1.807, 2.05) is 28.8 Å². The zero-order valence-electron chi connectivity index (χ0n) is 13.9. The van der Waals surface area contributed by atoms with Crippen molar-refractivity contribution in [3.05, 3.63) is 64.7 Å². The first kappa shape index (κ1) is 15.6. The molecule has 1 saturated carbocycles. The Hall–Kier alpha value is -2.95. The van der Waals surface area contributed by atoms with Gasteiger partial charge in [-0.2, -0.15) is 0 Å². The molecule has 3 aromatic rings. The molecule has 1 aliphatic rings. The molecule has 2 heterocycles. The fourth-order valence-corrected chi connectivity index (χ4v) is 3.08. The van der Waals surface area contributed by atoms with E-state index in [-0.39, 0.29) is 17.6 Å². The minimum absolute atomic E-state index is 0.109. The van der Waals surface area contributed by atoms with E-state index in [0.717, 1.165) is 29.5 Å². The number of nitrogens with zero attached hydrogens (tertiary/aromatic N) is 2. The Morgan fingerprint density at radius 1 is 1.20 bits per heavy atom. The predicted molar refractivity (Wildman–Crippen MR) is 95.7 cm³/mol. The van der Waals surface area contributed by atoms with Gasteiger partial charge in [0.15, 0.2) is 0 Å². The van der Waals surface area contributed by atoms with E-state index in [1.54, 1.807) is 31.6 Å². The minimum atomic E-state index is -0.554. The Labute approximate surface area is 144 Å². The molecule has 0 unspecified atom stereocenters. The van der Waals surface area contributed by atoms with E-state index in [4.69, 9.17) is 4.74 Å². The van der Waals surface area contributed by atoms with E-state index in [2.05, 4.69) is 4.98 Å². The van der Waals surface area contributed by atoms with Crippen LogP contribution < -0.4 is 5.43 Å². The van der Waals surface area contributed by atoms with Gasteiger partial charge in [-0.25, -0.2) is 4.79 Å². The highest BCUT2D eigenvalue weighted by atomic mass is 16.5. The molecule has 5 nitrogen and oxygen atoms in total. The average Bonchev–Trinajstić information content (AvgIpc) is 3.48. The lowest BCUT2D eigenvalue weighted by Crippen LogP contribution is -2.20. The molecule has 0 atom stereocenters. The Balaban J connectivity index is 1.93. The van der Waals surface area contributed by atoms with Crippen LogP contribution >= 0.6 is 0 Å². The van der Waals surface area contributed by atoms with Crippen LogP contribution in [0.15, 0.2) is 53.7 Å². The molecule has 0 saturated heterocycles. The molecule has 25 heavy (non-hydrogen) atoms. The molecule has 2 aromatic heterocycles. The van der Waals surface area contributed by atoms with Crippen molar-refractivity contribution < 1.29 is 9.53 Å². The fourth-order valence-electron chi connectivity index (χ4n) is 3.08. The number of fused-ring (bicyclic) bond motifs is 1. The molecule has 0 amide bonds. The monoisotopic (exact) mass is 334 g/mol. The third-order valence-electron chi connectivity index (χ3n) is 4.48. The van der Waals surface area contributed by atoms with Crippen molar-refractivity contribution in [2.75, 3.05) is 6.61 Å². The second-order valence-electron chi connectivity index (χ2n) is 6.20. The van der Waals surface area contributed by atoms with Gasteiger partial charge in [0.25, 0.3) is 0 Å². The van der Waals surface area contributed by atoms with E-state index in [0.29, 0.717) is 11.4 Å². The third kappa shape index (κ3) is 2.82. The summed E-state index contributed by atoms with van der Waals surface area (Å²) in [5.74, 6) is -0.554. The lowest BCUT2D eigenvalue weighted by Gasteiger charge is -2.13. The molecule has 126 valence electrons. The first-order valence-electron chi connectivity index (χ1n) is 8.45. The number of pyridine rings is 2. The number of ether oxygens (including phenoxy) is 1. The smallest absolute Gasteiger partial charge is 0.343 e. The Bertz CT molecular complexity index is 1000. The molecule has 1 aliphatic carbocycles. The maximum Gasteiger partial charge on any atom is 0.343 e. The van der Waals surface area contributed by atoms with Gasteiger partial charge in [0.2, 0.25) is 5.43 Å². The van der Waals surface area contributed by atoms with Gasteiger partial charge in [-0.1, -0.05) is 6.07 Å². The van der Waals surface area contributed by atoms with Crippen molar-refractivity contribution in [1.29, 1.82) is 0 Å². The molecular weight excluding hydrogens is 316 g/mol. The summed E-state index contributed by atoms with van der Waals surface area (Å²) in [6, 6.07) is 9.94. The van der Waals surface area contributed by atoms with Crippen LogP contribution in [0.25, 0.3) is 22.0 Å². The summed E-state index contributed by atoms with van der Waals surface area (Å²) in [4.78, 5) is 29.0. The second-order valence-corrected chi connectivity index (χ2v) is 6.20. The highest BCUT2D eigenvalue weighted by Gasteiger charge is 2.27. The minimum Gasteiger partial charge on any atom is -0.462 e. The highest BCUT2D eigenvalue weighted by Crippen LogP contribution is 2.37. The summed E-state index contributed by atoms with van der Waals surface area (Å²) < 4.78 is 7.10. The van der Waals surface area contributed by atoms with Crippen molar-refractivity contribution in [1.82, 2.24) is 9.55 Å². The second kappa shape index (κ2) is 6.16. The van der Waals surface area contributed by atoms with Gasteiger partial charge in [0.1, 0.15) is 5.56 Å². The van der Waals surface area contributed by atoms with Gasteiger partial charge >= 0.3 is 5.97 Å². The molecule has 1 fully saturated rings. The molecule has 0 radical (unpaired) electrons. The van der Waals surface area contributed by atoms with Crippen LogP contribution in [0.4, 0.5) is 0 Å². The molecule has 0 N–H and O–H groups in total. The molecular formula is C20H18N2O3. The van der Waals surface area contributed by atoms with E-state index >= 15 is 0 Å². The van der Waals surface area contributed by atoms with Crippen LogP contribution in [-0.4, -0.2) is 22.1 Å². The lowest BCUT2D eigenvalue weighted by molar-refractivity contribution is 0.0524. The van der Waals surface area contributed by atoms with E-state index in [1.165, 1.54) is 0 Å². The number of hydrogen-bond acceptors (Lipinski definition) is 4. The fraction of sp³-hybridized carbons (Fsp3) is 0.250. The molecule has 0 aliphatic heterocycles. The number of carbonyl (C=O) groups is 1. The number of carbonyl (C=O) groups excluding carboxylic acids is 1. The van der Waals surface area contributed by atoms with Crippen molar-refractivity contribution in [3.8, 4) is 11.1 Å². The summed E-state index contributed by atoms with van der Waals surface area (Å²) in [5, 5.41) is 0.551. The number of esters is 1. The van der Waals surface area contributed by atoms with Crippen LogP contribution in [0.3, 0.4) is 0 Å². The summed E-state index contributed by atoms with van der Waals surface area (Å²) in [6.07, 6.45) is 7.27. The summed E-state index contributed by atoms with van der Waals surface area (Å²) in [6.45, 7) is 1.99. The van der Waals surface area contributed by atoms with E-state index < -0.39 is 5.97 Å². The summed E-state index contributed by atoms with van der Waals surface area (Å²) >= 11 is 0. The van der Waals surface area contributed by atoms with Crippen molar-refractivity contribution in [2.45, 2.75) is 25.8 Å². The van der Waals surface area contributed by atoms with Crippen LogP contribution in [-0.2, 0) is 4.74 Å². The largest absolute Gasteiger partial charge is 0.462 e. The highest BCUT2D eigenvalue weighted by molar-refractivity contribution is 5.94. The van der Waals surface area contributed by atoms with Crippen molar-refractivity contribution in [2.24, 2.45) is 0 Å². The molecule has 0 spiro atoms. The molecule has 4 rings (SSSR count). The van der Waals surface area contributed by atoms with Gasteiger partial charge in [-0.15, -0.1) is 0 Å². The molecule has 1 aromatic carbocycles. The number of hydrogen-bond donors (Lipinski definition) is 0. The zero-order chi connectivity index (χ0) is 17.4. The molecule has 5 heteroatoms. The van der Waals surface area contributed by atoms with E-state index in [9.17, 15) is 9.59 Å². The van der Waals surface area contributed by atoms with Gasteiger partial charge in [-0.05, 0) is 55.2 Å². The van der Waals surface area contributed by atoms with Crippen molar-refractivity contribution in [3.63, 3.8) is 0 Å². The number of aromatic nitrogens is 2. The Morgan fingerprint density at radius 3 is 2.64 bits per heavy atom. The quantitative estimate of drug-likeness (QED) is 0.684. The topological polar surface area (TPSA) is 61.2 Å². The van der Waals surface area contributed by atoms with Gasteiger partial charge in [0, 0.05) is 30.0 Å². The zero-order valence-corrected chi connectivity index (χ0v) is 13.9. The maximum atomic E-state index is 12.8. The standard InChI is InChI=1S/C20H18N2O3/c1-2-25-20(24)17-12-22(15-4-5-15)18-11-14(3-6-16(18)19(17)23)13-7-9-21-10-8-13/h3,6-12,15H,2,4-5H2,1H3. The number of benzene rings is 1.